The maximum Gasteiger partial charge on any atom is 0.119 e. The Morgan fingerprint density at radius 1 is 1.00 bits per heavy atom. The van der Waals surface area contributed by atoms with E-state index in [4.69, 9.17) is 4.74 Å². The second-order valence-corrected chi connectivity index (χ2v) is 7.51. The van der Waals surface area contributed by atoms with Crippen LogP contribution < -0.4 is 10.1 Å². The minimum absolute atomic E-state index is 0.177. The number of nitrogens with one attached hydrogen (secondary N) is 1. The fourth-order valence-corrected chi connectivity index (χ4v) is 1.93. The van der Waals surface area contributed by atoms with Crippen molar-refractivity contribution in [3.8, 4) is 5.75 Å². The molecule has 0 spiro atoms. The first kappa shape index (κ1) is 17.0. The average molecular weight is 277 g/mol. The highest BCUT2D eigenvalue weighted by Crippen LogP contribution is 2.25. The summed E-state index contributed by atoms with van der Waals surface area (Å²) in [4.78, 5) is 0. The standard InChI is InChI=1S/C18H31NO/c1-17(2,3)15-10-9-11-16(14-15)20-13-8-7-12-19-18(4,5)6/h9-11,14,19H,7-8,12-13H2,1-6H3. The Bertz CT molecular complexity index is 399. The normalized spacial score (nSPS) is 12.5. The second kappa shape index (κ2) is 7.12. The summed E-state index contributed by atoms with van der Waals surface area (Å²) in [7, 11) is 0. The summed E-state index contributed by atoms with van der Waals surface area (Å²) in [5.41, 5.74) is 1.71. The van der Waals surface area contributed by atoms with Crippen LogP contribution in [0, 0.1) is 0 Å². The third-order valence-corrected chi connectivity index (χ3v) is 3.20. The van der Waals surface area contributed by atoms with Crippen molar-refractivity contribution in [2.24, 2.45) is 0 Å². The van der Waals surface area contributed by atoms with Gasteiger partial charge in [-0.2, -0.15) is 0 Å². The second-order valence-electron chi connectivity index (χ2n) is 7.51. The fourth-order valence-electron chi connectivity index (χ4n) is 1.93. The van der Waals surface area contributed by atoms with Gasteiger partial charge < -0.3 is 10.1 Å². The van der Waals surface area contributed by atoms with Crippen molar-refractivity contribution in [3.63, 3.8) is 0 Å². The number of rotatable bonds is 6. The quantitative estimate of drug-likeness (QED) is 0.771. The predicted molar refractivity (Wildman–Crippen MR) is 87.6 cm³/mol. The Morgan fingerprint density at radius 3 is 2.30 bits per heavy atom. The molecule has 1 aromatic rings. The zero-order chi connectivity index (χ0) is 15.2. The molecule has 1 aromatic carbocycles. The molecule has 0 aliphatic carbocycles. The van der Waals surface area contributed by atoms with E-state index in [1.54, 1.807) is 0 Å². The lowest BCUT2D eigenvalue weighted by Crippen LogP contribution is -2.36. The lowest BCUT2D eigenvalue weighted by atomic mass is 9.87. The van der Waals surface area contributed by atoms with Gasteiger partial charge in [0.2, 0.25) is 0 Å². The highest BCUT2D eigenvalue weighted by molar-refractivity contribution is 5.32. The molecule has 20 heavy (non-hydrogen) atoms. The van der Waals surface area contributed by atoms with Gasteiger partial charge in [-0.3, -0.25) is 0 Å². The number of unbranched alkanes of at least 4 members (excludes halogenated alkanes) is 1. The molecule has 1 rings (SSSR count). The van der Waals surface area contributed by atoms with Gasteiger partial charge in [0, 0.05) is 5.54 Å². The molecule has 0 bridgehead atoms. The molecule has 0 aliphatic heterocycles. The van der Waals surface area contributed by atoms with E-state index >= 15 is 0 Å². The predicted octanol–water partition coefficient (Wildman–Crippen LogP) is 4.53. The van der Waals surface area contributed by atoms with E-state index in [0.717, 1.165) is 31.7 Å². The van der Waals surface area contributed by atoms with Crippen LogP contribution in [0.2, 0.25) is 0 Å². The van der Waals surface area contributed by atoms with Gasteiger partial charge in [0.25, 0.3) is 0 Å². The first-order chi connectivity index (χ1) is 9.18. The van der Waals surface area contributed by atoms with Gasteiger partial charge in [-0.25, -0.2) is 0 Å². The van der Waals surface area contributed by atoms with Crippen molar-refractivity contribution in [1.82, 2.24) is 5.32 Å². The molecule has 1 N–H and O–H groups in total. The minimum atomic E-state index is 0.177. The van der Waals surface area contributed by atoms with Gasteiger partial charge in [-0.05, 0) is 63.3 Å². The molecule has 114 valence electrons. The highest BCUT2D eigenvalue weighted by Gasteiger charge is 2.13. The van der Waals surface area contributed by atoms with E-state index in [1.165, 1.54) is 5.56 Å². The van der Waals surface area contributed by atoms with Gasteiger partial charge in [-0.15, -0.1) is 0 Å². The summed E-state index contributed by atoms with van der Waals surface area (Å²) in [6.07, 6.45) is 2.24. The Morgan fingerprint density at radius 2 is 1.70 bits per heavy atom. The van der Waals surface area contributed by atoms with Crippen LogP contribution in [-0.4, -0.2) is 18.7 Å². The van der Waals surface area contributed by atoms with Gasteiger partial charge in [0.05, 0.1) is 6.61 Å². The Kier molecular flexibility index (Phi) is 6.07. The molecule has 0 heterocycles. The molecule has 0 saturated heterocycles. The van der Waals surface area contributed by atoms with Crippen molar-refractivity contribution in [1.29, 1.82) is 0 Å². The molecule has 0 amide bonds. The monoisotopic (exact) mass is 277 g/mol. The van der Waals surface area contributed by atoms with Crippen LogP contribution in [0.1, 0.15) is 59.9 Å². The largest absolute Gasteiger partial charge is 0.494 e. The van der Waals surface area contributed by atoms with Crippen molar-refractivity contribution in [3.05, 3.63) is 29.8 Å². The molecule has 0 unspecified atom stereocenters. The van der Waals surface area contributed by atoms with Crippen molar-refractivity contribution in [2.75, 3.05) is 13.2 Å². The van der Waals surface area contributed by atoms with E-state index in [1.807, 2.05) is 6.07 Å². The third kappa shape index (κ3) is 6.95. The van der Waals surface area contributed by atoms with Gasteiger partial charge >= 0.3 is 0 Å². The van der Waals surface area contributed by atoms with Gasteiger partial charge in [0.1, 0.15) is 5.75 Å². The third-order valence-electron chi connectivity index (χ3n) is 3.20. The maximum absolute atomic E-state index is 5.85. The average Bonchev–Trinajstić information content (AvgIpc) is 2.31. The molecular weight excluding hydrogens is 246 g/mol. The molecule has 0 fully saturated rings. The van der Waals surface area contributed by atoms with Crippen LogP contribution in [0.4, 0.5) is 0 Å². The lowest BCUT2D eigenvalue weighted by Gasteiger charge is -2.20. The zero-order valence-electron chi connectivity index (χ0n) is 14.0. The first-order valence-electron chi connectivity index (χ1n) is 7.67. The molecule has 0 atom stereocenters. The van der Waals surface area contributed by atoms with E-state index in [-0.39, 0.29) is 11.0 Å². The lowest BCUT2D eigenvalue weighted by molar-refractivity contribution is 0.300. The van der Waals surface area contributed by atoms with Crippen LogP contribution in [0.25, 0.3) is 0 Å². The van der Waals surface area contributed by atoms with E-state index < -0.39 is 0 Å². The number of benzene rings is 1. The number of hydrogen-bond donors (Lipinski definition) is 1. The van der Waals surface area contributed by atoms with Crippen LogP contribution in [0.3, 0.4) is 0 Å². The molecule has 0 saturated carbocycles. The molecule has 0 radical (unpaired) electrons. The molecule has 0 aromatic heterocycles. The summed E-state index contributed by atoms with van der Waals surface area (Å²) in [6.45, 7) is 15.1. The minimum Gasteiger partial charge on any atom is -0.494 e. The van der Waals surface area contributed by atoms with Gasteiger partial charge in [0.15, 0.2) is 0 Å². The van der Waals surface area contributed by atoms with Crippen LogP contribution >= 0.6 is 0 Å². The van der Waals surface area contributed by atoms with Crippen molar-refractivity contribution in [2.45, 2.75) is 65.3 Å². The molecule has 0 aliphatic rings. The SMILES string of the molecule is CC(C)(C)NCCCCOc1cccc(C(C)(C)C)c1. The maximum atomic E-state index is 5.85. The van der Waals surface area contributed by atoms with Crippen LogP contribution in [0.15, 0.2) is 24.3 Å². The summed E-state index contributed by atoms with van der Waals surface area (Å²) >= 11 is 0. The topological polar surface area (TPSA) is 21.3 Å². The highest BCUT2D eigenvalue weighted by atomic mass is 16.5. The summed E-state index contributed by atoms with van der Waals surface area (Å²) < 4.78 is 5.85. The summed E-state index contributed by atoms with van der Waals surface area (Å²) in [5, 5.41) is 3.49. The van der Waals surface area contributed by atoms with Crippen LogP contribution in [-0.2, 0) is 5.41 Å². The Labute approximate surface area is 124 Å². The number of ether oxygens (including phenoxy) is 1. The summed E-state index contributed by atoms with van der Waals surface area (Å²) in [5.74, 6) is 0.987. The molecule has 2 heteroatoms. The van der Waals surface area contributed by atoms with Crippen molar-refractivity contribution >= 4 is 0 Å². The Balaban J connectivity index is 2.29. The summed E-state index contributed by atoms with van der Waals surface area (Å²) in [6, 6.07) is 8.45. The molecular formula is C18H31NO. The van der Waals surface area contributed by atoms with E-state index in [2.05, 4.69) is 65.1 Å². The van der Waals surface area contributed by atoms with Gasteiger partial charge in [-0.1, -0.05) is 32.9 Å². The van der Waals surface area contributed by atoms with Crippen molar-refractivity contribution < 1.29 is 4.74 Å². The smallest absolute Gasteiger partial charge is 0.119 e. The number of hydrogen-bond acceptors (Lipinski definition) is 2. The van der Waals surface area contributed by atoms with E-state index in [9.17, 15) is 0 Å². The van der Waals surface area contributed by atoms with E-state index in [0.29, 0.717) is 0 Å². The fraction of sp³-hybridized carbons (Fsp3) is 0.667. The van der Waals surface area contributed by atoms with Crippen LogP contribution in [0.5, 0.6) is 5.75 Å². The molecule has 2 nitrogen and oxygen atoms in total. The zero-order valence-corrected chi connectivity index (χ0v) is 14.0. The Hall–Kier alpha value is -1.02. The first-order valence-corrected chi connectivity index (χ1v) is 7.67.